The van der Waals surface area contributed by atoms with Gasteiger partial charge in [-0.2, -0.15) is 0 Å². The molecule has 5 nitrogen and oxygen atoms in total. The Morgan fingerprint density at radius 1 is 0.849 bits per heavy atom. The first-order valence-electron chi connectivity index (χ1n) is 19.1. The lowest BCUT2D eigenvalue weighted by Crippen LogP contribution is -2.36. The van der Waals surface area contributed by atoms with E-state index in [1.165, 1.54) is 47.8 Å². The zero-order chi connectivity index (χ0) is 38.1. The number of hydrogen-bond acceptors (Lipinski definition) is 3. The normalized spacial score (nSPS) is 20.5. The van der Waals surface area contributed by atoms with E-state index in [0.717, 1.165) is 64.0 Å². The number of carbonyl (C=O) groups is 2. The van der Waals surface area contributed by atoms with Crippen molar-refractivity contribution < 1.29 is 9.59 Å². The minimum atomic E-state index is -0.162. The van der Waals surface area contributed by atoms with E-state index in [1.54, 1.807) is 7.05 Å². The van der Waals surface area contributed by atoms with Crippen molar-refractivity contribution in [1.82, 2.24) is 15.4 Å². The van der Waals surface area contributed by atoms with Gasteiger partial charge in [-0.05, 0) is 136 Å². The van der Waals surface area contributed by atoms with E-state index >= 15 is 0 Å². The van der Waals surface area contributed by atoms with E-state index in [1.807, 2.05) is 50.3 Å². The van der Waals surface area contributed by atoms with Gasteiger partial charge in [-0.25, -0.2) is 5.43 Å². The maximum absolute atomic E-state index is 12.3. The predicted molar refractivity (Wildman–Crippen MR) is 224 cm³/mol. The molecule has 1 aromatic heterocycles. The highest BCUT2D eigenvalue weighted by atomic mass is 16.2. The summed E-state index contributed by atoms with van der Waals surface area (Å²) in [5, 5.41) is 1.14. The third-order valence-corrected chi connectivity index (χ3v) is 10.8. The smallest absolute Gasteiger partial charge is 0.265 e. The van der Waals surface area contributed by atoms with Gasteiger partial charge in [-0.1, -0.05) is 99.3 Å². The molecule has 0 spiro atoms. The molecule has 2 saturated carbocycles. The number of nitrogens with one attached hydrogen (secondary N) is 2. The Labute approximate surface area is 317 Å². The van der Waals surface area contributed by atoms with E-state index < -0.39 is 0 Å². The van der Waals surface area contributed by atoms with Gasteiger partial charge in [0.15, 0.2) is 0 Å². The molecule has 5 aromatic rings. The number of aromatic nitrogens is 1. The molecule has 0 radical (unpaired) electrons. The van der Waals surface area contributed by atoms with Crippen molar-refractivity contribution in [2.24, 2.45) is 23.2 Å². The molecule has 0 aliphatic heterocycles. The van der Waals surface area contributed by atoms with Crippen LogP contribution in [0.3, 0.4) is 0 Å². The highest BCUT2D eigenvalue weighted by Gasteiger charge is 2.40. The van der Waals surface area contributed by atoms with Crippen LogP contribution in [0.1, 0.15) is 91.2 Å². The summed E-state index contributed by atoms with van der Waals surface area (Å²) in [5.41, 5.74) is 16.5. The van der Waals surface area contributed by atoms with Crippen molar-refractivity contribution in [2.45, 2.75) is 73.6 Å². The van der Waals surface area contributed by atoms with E-state index in [9.17, 15) is 9.59 Å². The summed E-state index contributed by atoms with van der Waals surface area (Å²) in [6.45, 7) is 16.8. The minimum Gasteiger partial charge on any atom is -0.309 e. The molecule has 2 atom stereocenters. The van der Waals surface area contributed by atoms with Gasteiger partial charge in [0.25, 0.3) is 5.91 Å². The van der Waals surface area contributed by atoms with Crippen LogP contribution >= 0.6 is 0 Å². The van der Waals surface area contributed by atoms with Crippen molar-refractivity contribution in [2.75, 3.05) is 7.05 Å². The summed E-state index contributed by atoms with van der Waals surface area (Å²) in [6, 6.07) is 31.1. The van der Waals surface area contributed by atoms with Gasteiger partial charge in [-0.15, -0.1) is 0 Å². The maximum Gasteiger partial charge on any atom is 0.265 e. The quantitative estimate of drug-likeness (QED) is 0.131. The molecule has 2 aliphatic rings. The van der Waals surface area contributed by atoms with Crippen LogP contribution in [-0.2, 0) is 4.79 Å². The number of aldehydes is 1. The number of allylic oxidation sites excluding steroid dienone is 1. The molecular weight excluding hydrogens is 651 g/mol. The van der Waals surface area contributed by atoms with Gasteiger partial charge in [0.05, 0.1) is 11.2 Å². The molecule has 53 heavy (non-hydrogen) atoms. The molecule has 2 unspecified atom stereocenters. The summed E-state index contributed by atoms with van der Waals surface area (Å²) in [5.74, 6) is 2.43. The Bertz CT molecular complexity index is 2020. The van der Waals surface area contributed by atoms with Crippen molar-refractivity contribution in [1.29, 1.82) is 0 Å². The molecule has 2 N–H and O–H groups in total. The first-order valence-corrected chi connectivity index (χ1v) is 19.1. The van der Waals surface area contributed by atoms with Crippen LogP contribution in [0.5, 0.6) is 0 Å². The Balaban J connectivity index is 0.000000168. The summed E-state index contributed by atoms with van der Waals surface area (Å²) in [4.78, 5) is 23.3. The largest absolute Gasteiger partial charge is 0.309 e. The molecule has 5 heteroatoms. The Morgan fingerprint density at radius 3 is 1.98 bits per heavy atom. The number of carbonyl (C=O) groups excluding carboxylic acids is 2. The van der Waals surface area contributed by atoms with E-state index in [2.05, 4.69) is 122 Å². The lowest BCUT2D eigenvalue weighted by molar-refractivity contribution is -0.120. The second-order valence-electron chi connectivity index (χ2n) is 15.5. The fourth-order valence-electron chi connectivity index (χ4n) is 8.79. The number of para-hydroxylation sites is 1. The summed E-state index contributed by atoms with van der Waals surface area (Å²) in [7, 11) is 1.68. The van der Waals surface area contributed by atoms with Crippen LogP contribution in [0.15, 0.2) is 104 Å². The number of rotatable bonds is 7. The third-order valence-electron chi connectivity index (χ3n) is 10.8. The minimum absolute atomic E-state index is 0.0216. The number of hydrazine groups is 1. The molecule has 1 amide bonds. The van der Waals surface area contributed by atoms with Crippen molar-refractivity contribution in [3.05, 3.63) is 137 Å². The van der Waals surface area contributed by atoms with Crippen LogP contribution in [0.2, 0.25) is 0 Å². The number of amides is 1. The molecule has 0 saturated heterocycles. The maximum atomic E-state index is 12.3. The second kappa shape index (κ2) is 17.7. The highest BCUT2D eigenvalue weighted by Crippen LogP contribution is 2.49. The number of fused-ring (bicyclic) bond motifs is 3. The molecule has 2 bridgehead atoms. The van der Waals surface area contributed by atoms with Gasteiger partial charge in [0.2, 0.25) is 0 Å². The number of aryl methyl sites for hydroxylation is 3. The van der Waals surface area contributed by atoms with Crippen LogP contribution < -0.4 is 10.9 Å². The molecule has 276 valence electrons. The van der Waals surface area contributed by atoms with Crippen molar-refractivity contribution in [3.63, 3.8) is 0 Å². The predicted octanol–water partition coefficient (Wildman–Crippen LogP) is 11.5. The van der Waals surface area contributed by atoms with Crippen LogP contribution in [0, 0.1) is 43.9 Å². The average Bonchev–Trinajstić information content (AvgIpc) is 3.45. The number of hydrogen-bond donors (Lipinski definition) is 2. The molecule has 2 aliphatic carbocycles. The van der Waals surface area contributed by atoms with E-state index in [4.69, 9.17) is 0 Å². The first kappa shape index (κ1) is 39.2. The molecule has 4 aromatic carbocycles. The Hall–Kier alpha value is -5.00. The van der Waals surface area contributed by atoms with E-state index in [0.29, 0.717) is 5.56 Å². The first-order chi connectivity index (χ1) is 25.5. The number of nitrogens with zero attached hydrogens (tertiary/aromatic N) is 1. The van der Waals surface area contributed by atoms with Crippen molar-refractivity contribution in [3.8, 4) is 16.8 Å². The topological polar surface area (TPSA) is 63.1 Å². The SMILES string of the molecule is C=Cc1c(/C=C\C)n(-c2cc(C)cc(C(=O)NNC)c2)c2ccccc12.CC1CC2CC(C1)CC(C)(C=O)C2.Cc1ccccc1-c1ccccc1C. The van der Waals surface area contributed by atoms with Gasteiger partial charge in [0.1, 0.15) is 6.29 Å². The van der Waals surface area contributed by atoms with Crippen molar-refractivity contribution >= 4 is 35.2 Å². The van der Waals surface area contributed by atoms with Crippen LogP contribution in [0.4, 0.5) is 0 Å². The Morgan fingerprint density at radius 2 is 1.43 bits per heavy atom. The average molecular weight is 708 g/mol. The monoisotopic (exact) mass is 707 g/mol. The summed E-state index contributed by atoms with van der Waals surface area (Å²) >= 11 is 0. The zero-order valence-electron chi connectivity index (χ0n) is 32.7. The number of benzene rings is 4. The van der Waals surface area contributed by atoms with E-state index in [-0.39, 0.29) is 11.3 Å². The second-order valence-corrected chi connectivity index (χ2v) is 15.5. The summed E-state index contributed by atoms with van der Waals surface area (Å²) < 4.78 is 2.18. The zero-order valence-corrected chi connectivity index (χ0v) is 32.7. The van der Waals surface area contributed by atoms with Gasteiger partial charge in [-0.3, -0.25) is 10.2 Å². The van der Waals surface area contributed by atoms with Gasteiger partial charge < -0.3 is 9.36 Å². The Kier molecular flexibility index (Phi) is 13.1. The summed E-state index contributed by atoms with van der Waals surface area (Å²) in [6.07, 6.45) is 13.6. The van der Waals surface area contributed by atoms with Gasteiger partial charge in [0, 0.05) is 34.7 Å². The molecule has 2 fully saturated rings. The lowest BCUT2D eigenvalue weighted by Gasteiger charge is -2.44. The standard InChI is InChI=1S/C22H23N3O.C14H14.C12H20O/c1-5-9-20-18(6-2)19-10-7-8-11-21(19)25(20)17-13-15(3)12-16(14-17)22(26)24-23-4;1-11-7-3-5-9-13(11)14-10-6-4-8-12(14)2;1-9-3-10-5-11(4-9)7-12(2,6-10)8-13/h5-14,23H,2H2,1,3-4H3,(H,24,26);3-10H,1-2H3;8-11H,3-7H2,1-2H3/b9-5-;;. The van der Waals surface area contributed by atoms with Crippen LogP contribution in [-0.4, -0.2) is 23.8 Å². The molecule has 7 rings (SSSR count). The van der Waals surface area contributed by atoms with Crippen LogP contribution in [0.25, 0.3) is 39.9 Å². The fourth-order valence-corrected chi connectivity index (χ4v) is 8.79. The third kappa shape index (κ3) is 9.33. The fraction of sp³-hybridized carbons (Fsp3) is 0.333. The highest BCUT2D eigenvalue weighted by molar-refractivity contribution is 5.97. The molecule has 1 heterocycles. The van der Waals surface area contributed by atoms with Gasteiger partial charge >= 0.3 is 0 Å². The molecular formula is C48H57N3O2. The lowest BCUT2D eigenvalue weighted by atomic mass is 9.60.